The number of imide groups is 1. The van der Waals surface area contributed by atoms with Crippen molar-refractivity contribution in [3.05, 3.63) is 0 Å². The average molecular weight is 533 g/mol. The molecule has 0 aromatic carbocycles. The van der Waals surface area contributed by atoms with Crippen LogP contribution in [-0.2, 0) is 19.0 Å². The van der Waals surface area contributed by atoms with Crippen molar-refractivity contribution < 1.29 is 28.6 Å². The number of hydrogen-bond donors (Lipinski definition) is 1. The third-order valence-corrected chi connectivity index (χ3v) is 5.54. The van der Waals surface area contributed by atoms with Crippen LogP contribution in [0.1, 0.15) is 54.9 Å². The molecule has 1 fully saturated rings. The number of carbonyl (C=O) groups is 3. The molecule has 0 saturated heterocycles. The maximum Gasteiger partial charge on any atom is 0.417 e. The van der Waals surface area contributed by atoms with Crippen LogP contribution in [0.15, 0.2) is 0 Å². The topological polar surface area (TPSA) is 90.9 Å². The minimum absolute atomic E-state index is 0.340. The van der Waals surface area contributed by atoms with E-state index in [0.717, 1.165) is 24.6 Å². The van der Waals surface area contributed by atoms with Crippen LogP contribution in [0, 0.1) is 11.8 Å². The molecule has 0 radical (unpaired) electrons. The Morgan fingerprint density at radius 1 is 1.11 bits per heavy atom. The third-order valence-electron chi connectivity index (χ3n) is 2.97. The lowest BCUT2D eigenvalue weighted by Gasteiger charge is -2.21. The monoisotopic (exact) mass is 531 g/mol. The van der Waals surface area contributed by atoms with Crippen LogP contribution in [0.4, 0.5) is 9.59 Å². The van der Waals surface area contributed by atoms with Gasteiger partial charge in [-0.15, -0.1) is 0 Å². The second kappa shape index (κ2) is 14.3. The van der Waals surface area contributed by atoms with E-state index < -0.39 is 23.4 Å². The normalized spacial score (nSPS) is 18.9. The van der Waals surface area contributed by atoms with Crippen molar-refractivity contribution in [2.75, 3.05) is 19.0 Å². The summed E-state index contributed by atoms with van der Waals surface area (Å²) < 4.78 is 14.3. The molecule has 1 N–H and O–H groups in total. The van der Waals surface area contributed by atoms with E-state index in [0.29, 0.717) is 16.7 Å². The predicted molar refractivity (Wildman–Crippen MR) is 117 cm³/mol. The lowest BCUT2D eigenvalue weighted by Crippen LogP contribution is -2.39. The number of carbonyl (C=O) groups excluding carboxylic acids is 3. The summed E-state index contributed by atoms with van der Waals surface area (Å²) in [6.45, 7) is 13.0. The summed E-state index contributed by atoms with van der Waals surface area (Å²) in [5.41, 5.74) is -1.27. The molecular weight excluding hydrogens is 498 g/mol. The van der Waals surface area contributed by atoms with E-state index in [9.17, 15) is 14.4 Å². The highest BCUT2D eigenvalue weighted by atomic mass is 79.9. The van der Waals surface area contributed by atoms with Crippen LogP contribution < -0.4 is 5.32 Å². The zero-order valence-electron chi connectivity index (χ0n) is 18.1. The summed E-state index contributed by atoms with van der Waals surface area (Å²) in [7, 11) is 1.68. The van der Waals surface area contributed by atoms with E-state index >= 15 is 0 Å². The molecule has 1 aliphatic rings. The van der Waals surface area contributed by atoms with Gasteiger partial charge in [-0.2, -0.15) is 0 Å². The lowest BCUT2D eigenvalue weighted by molar-refractivity contribution is -0.109. The molecule has 1 saturated carbocycles. The SMILES string of the molecule is CC(C)(C)OC(=O)NC(=O)OC(C)(C)C.CCOC.O=CC1CC1C(Br)CBr. The predicted octanol–water partition coefficient (Wildman–Crippen LogP) is 5.08. The zero-order chi connectivity index (χ0) is 22.5. The van der Waals surface area contributed by atoms with Crippen LogP contribution in [0.5, 0.6) is 0 Å². The molecule has 0 aromatic heterocycles. The molecule has 166 valence electrons. The Hall–Kier alpha value is -0.670. The molecule has 7 nitrogen and oxygen atoms in total. The van der Waals surface area contributed by atoms with Crippen molar-refractivity contribution in [1.29, 1.82) is 0 Å². The van der Waals surface area contributed by atoms with Crippen molar-refractivity contribution in [2.45, 2.75) is 70.9 Å². The summed E-state index contributed by atoms with van der Waals surface area (Å²) >= 11 is 6.83. The number of alkyl carbamates (subject to hydrolysis) is 2. The Bertz CT molecular complexity index is 446. The van der Waals surface area contributed by atoms with Crippen molar-refractivity contribution >= 4 is 50.3 Å². The number of ether oxygens (including phenoxy) is 3. The summed E-state index contributed by atoms with van der Waals surface area (Å²) in [5.74, 6) is 0.939. The van der Waals surface area contributed by atoms with E-state index in [1.165, 1.54) is 0 Å². The second-order valence-corrected chi connectivity index (χ2v) is 9.90. The minimum Gasteiger partial charge on any atom is -0.443 e. The molecule has 2 amide bonds. The number of alkyl halides is 2. The van der Waals surface area contributed by atoms with Gasteiger partial charge in [0, 0.05) is 29.8 Å². The van der Waals surface area contributed by atoms with Crippen molar-refractivity contribution in [1.82, 2.24) is 5.32 Å². The Labute approximate surface area is 185 Å². The van der Waals surface area contributed by atoms with Gasteiger partial charge in [-0.3, -0.25) is 0 Å². The van der Waals surface area contributed by atoms with Gasteiger partial charge in [0.05, 0.1) is 0 Å². The first-order chi connectivity index (χ1) is 12.7. The Morgan fingerprint density at radius 2 is 1.50 bits per heavy atom. The highest BCUT2D eigenvalue weighted by Gasteiger charge is 2.41. The lowest BCUT2D eigenvalue weighted by atomic mass is 10.2. The number of nitrogens with one attached hydrogen (secondary N) is 1. The zero-order valence-corrected chi connectivity index (χ0v) is 21.3. The smallest absolute Gasteiger partial charge is 0.417 e. The fourth-order valence-corrected chi connectivity index (χ4v) is 2.70. The standard InChI is InChI=1S/C10H19NO4.C6H8Br2O.C3H8O/c1-9(2,3)14-7(12)11-8(13)15-10(4,5)6;7-2-6(8)5-1-4(5)3-9;1-3-4-2/h1-6H3,(H,11,12,13);3-6H,1-2H2;3H2,1-2H3. The minimum atomic E-state index is -0.809. The number of halogens is 2. The first-order valence-corrected chi connectivity index (χ1v) is 11.1. The van der Waals surface area contributed by atoms with Gasteiger partial charge in [0.25, 0.3) is 0 Å². The molecule has 3 unspecified atom stereocenters. The fourth-order valence-electron chi connectivity index (χ4n) is 1.61. The second-order valence-electron chi connectivity index (χ2n) is 8.08. The van der Waals surface area contributed by atoms with E-state index in [-0.39, 0.29) is 0 Å². The number of methoxy groups -OCH3 is 1. The molecule has 3 atom stereocenters. The summed E-state index contributed by atoms with van der Waals surface area (Å²) in [6, 6.07) is 0. The quantitative estimate of drug-likeness (QED) is 0.401. The summed E-state index contributed by atoms with van der Waals surface area (Å²) in [5, 5.41) is 2.92. The number of rotatable bonds is 4. The molecule has 1 rings (SSSR count). The maximum atomic E-state index is 11.1. The van der Waals surface area contributed by atoms with Gasteiger partial charge < -0.3 is 19.0 Å². The van der Waals surface area contributed by atoms with Gasteiger partial charge in [0.15, 0.2) is 0 Å². The fraction of sp³-hybridized carbons (Fsp3) is 0.842. The molecule has 0 spiro atoms. The van der Waals surface area contributed by atoms with E-state index in [1.54, 1.807) is 48.7 Å². The van der Waals surface area contributed by atoms with Gasteiger partial charge in [-0.05, 0) is 60.8 Å². The molecular formula is C19H35Br2NO6. The van der Waals surface area contributed by atoms with Crippen LogP contribution >= 0.6 is 31.9 Å². The summed E-state index contributed by atoms with van der Waals surface area (Å²) in [6.07, 6.45) is 0.514. The Morgan fingerprint density at radius 3 is 1.71 bits per heavy atom. The number of aldehydes is 1. The van der Waals surface area contributed by atoms with Crippen LogP contribution in [-0.4, -0.2) is 53.5 Å². The van der Waals surface area contributed by atoms with Gasteiger partial charge in [-0.1, -0.05) is 31.9 Å². The van der Waals surface area contributed by atoms with Gasteiger partial charge in [-0.25, -0.2) is 14.9 Å². The number of amides is 2. The van der Waals surface area contributed by atoms with Crippen LogP contribution in [0.3, 0.4) is 0 Å². The molecule has 28 heavy (non-hydrogen) atoms. The highest BCUT2D eigenvalue weighted by Crippen LogP contribution is 2.42. The average Bonchev–Trinajstić information content (AvgIpc) is 3.30. The Balaban J connectivity index is 0. The van der Waals surface area contributed by atoms with Gasteiger partial charge >= 0.3 is 12.2 Å². The first-order valence-electron chi connectivity index (χ1n) is 9.07. The third kappa shape index (κ3) is 18.7. The highest BCUT2D eigenvalue weighted by molar-refractivity contribution is 9.12. The van der Waals surface area contributed by atoms with E-state index in [2.05, 4.69) is 36.6 Å². The van der Waals surface area contributed by atoms with Gasteiger partial charge in [0.2, 0.25) is 0 Å². The molecule has 0 heterocycles. The van der Waals surface area contributed by atoms with E-state index in [4.69, 9.17) is 9.47 Å². The maximum absolute atomic E-state index is 11.1. The molecule has 0 aliphatic heterocycles. The molecule has 0 bridgehead atoms. The van der Waals surface area contributed by atoms with Gasteiger partial charge in [0.1, 0.15) is 17.5 Å². The van der Waals surface area contributed by atoms with E-state index in [1.807, 2.05) is 12.2 Å². The molecule has 0 aromatic rings. The van der Waals surface area contributed by atoms with Crippen LogP contribution in [0.25, 0.3) is 0 Å². The van der Waals surface area contributed by atoms with Crippen molar-refractivity contribution in [3.63, 3.8) is 0 Å². The van der Waals surface area contributed by atoms with Crippen molar-refractivity contribution in [2.24, 2.45) is 11.8 Å². The molecule has 1 aliphatic carbocycles. The largest absolute Gasteiger partial charge is 0.443 e. The first kappa shape index (κ1) is 29.5. The number of hydrogen-bond acceptors (Lipinski definition) is 6. The summed E-state index contributed by atoms with van der Waals surface area (Å²) in [4.78, 5) is 32.9. The van der Waals surface area contributed by atoms with Crippen LogP contribution in [0.2, 0.25) is 0 Å². The van der Waals surface area contributed by atoms with Crippen molar-refractivity contribution in [3.8, 4) is 0 Å². The Kier molecular flexibility index (Phi) is 15.1. The molecule has 9 heteroatoms.